The summed E-state index contributed by atoms with van der Waals surface area (Å²) in [6.45, 7) is 4.82. The van der Waals surface area contributed by atoms with Crippen LogP contribution in [0.1, 0.15) is 37.4 Å². The summed E-state index contributed by atoms with van der Waals surface area (Å²) in [6, 6.07) is 25.0. The van der Waals surface area contributed by atoms with Crippen LogP contribution in [0, 0.1) is 5.92 Å². The lowest BCUT2D eigenvalue weighted by atomic mass is 10.0. The molecule has 0 aliphatic rings. The lowest BCUT2D eigenvalue weighted by Crippen LogP contribution is -2.45. The van der Waals surface area contributed by atoms with Crippen LogP contribution in [-0.2, 0) is 16.1 Å². The molecule has 3 aromatic carbocycles. The van der Waals surface area contributed by atoms with E-state index >= 15 is 0 Å². The summed E-state index contributed by atoms with van der Waals surface area (Å²) in [7, 11) is 0. The molecule has 1 N–H and O–H groups in total. The number of hydrogen-bond acceptors (Lipinski definition) is 3. The number of carbonyl (C=O) groups is 2. The number of amides is 2. The largest absolute Gasteiger partial charge is 0.484 e. The molecule has 5 nitrogen and oxygen atoms in total. The highest BCUT2D eigenvalue weighted by atomic mass is 35.5. The summed E-state index contributed by atoms with van der Waals surface area (Å²) in [5.74, 6) is 0.557. The molecule has 0 radical (unpaired) electrons. The lowest BCUT2D eigenvalue weighted by Gasteiger charge is -2.31. The number of nitrogens with zero attached hydrogens (tertiary/aromatic N) is 1. The van der Waals surface area contributed by atoms with Gasteiger partial charge in [-0.2, -0.15) is 0 Å². The third kappa shape index (κ3) is 7.63. The molecule has 0 saturated heterocycles. The van der Waals surface area contributed by atoms with Gasteiger partial charge in [0, 0.05) is 18.1 Å². The van der Waals surface area contributed by atoms with Gasteiger partial charge in [0.25, 0.3) is 5.91 Å². The number of benzene rings is 3. The van der Waals surface area contributed by atoms with Crippen LogP contribution in [-0.4, -0.2) is 29.9 Å². The summed E-state index contributed by atoms with van der Waals surface area (Å²) >= 11 is 6.06. The normalized spacial score (nSPS) is 11.6. The van der Waals surface area contributed by atoms with Crippen molar-refractivity contribution in [1.82, 2.24) is 10.2 Å². The minimum atomic E-state index is -0.795. The first kappa shape index (κ1) is 25.3. The molecule has 0 unspecified atom stereocenters. The van der Waals surface area contributed by atoms with Crippen LogP contribution in [0.15, 0.2) is 84.9 Å². The molecular weight excluding hydrogens is 448 g/mol. The average Bonchev–Trinajstić information content (AvgIpc) is 2.84. The third-order valence-corrected chi connectivity index (χ3v) is 5.64. The van der Waals surface area contributed by atoms with Gasteiger partial charge in [0.15, 0.2) is 6.61 Å². The molecule has 3 rings (SSSR count). The standard InChI is InChI=1S/C28H31ClN2O3/c1-21(2)17-18-30-28(33)27(23-9-5-3-6-10-23)31(19-22-13-15-24(29)16-14-22)26(32)20-34-25-11-7-4-8-12-25/h3-16,21,27H,17-20H2,1-2H3,(H,30,33)/t27-/m0/s1. The maximum Gasteiger partial charge on any atom is 0.261 e. The first-order valence-electron chi connectivity index (χ1n) is 11.5. The summed E-state index contributed by atoms with van der Waals surface area (Å²) in [5.41, 5.74) is 1.61. The topological polar surface area (TPSA) is 58.6 Å². The van der Waals surface area contributed by atoms with E-state index in [4.69, 9.17) is 16.3 Å². The molecule has 2 amide bonds. The Kier molecular flexibility index (Phi) is 9.53. The van der Waals surface area contributed by atoms with Gasteiger partial charge in [-0.05, 0) is 47.7 Å². The molecule has 0 fully saturated rings. The van der Waals surface area contributed by atoms with E-state index in [-0.39, 0.29) is 25.0 Å². The van der Waals surface area contributed by atoms with Crippen LogP contribution in [0.25, 0.3) is 0 Å². The van der Waals surface area contributed by atoms with Crippen LogP contribution < -0.4 is 10.1 Å². The SMILES string of the molecule is CC(C)CCNC(=O)[C@H](c1ccccc1)N(Cc1ccc(Cl)cc1)C(=O)COc1ccccc1. The van der Waals surface area contributed by atoms with Crippen molar-refractivity contribution < 1.29 is 14.3 Å². The fourth-order valence-corrected chi connectivity index (χ4v) is 3.67. The number of hydrogen-bond donors (Lipinski definition) is 1. The molecule has 0 aromatic heterocycles. The highest BCUT2D eigenvalue weighted by molar-refractivity contribution is 6.30. The monoisotopic (exact) mass is 478 g/mol. The minimum absolute atomic E-state index is 0.180. The Morgan fingerprint density at radius 2 is 1.53 bits per heavy atom. The number of halogens is 1. The molecule has 0 saturated carbocycles. The molecule has 178 valence electrons. The molecule has 6 heteroatoms. The first-order chi connectivity index (χ1) is 16.4. The maximum atomic E-state index is 13.5. The highest BCUT2D eigenvalue weighted by Gasteiger charge is 2.31. The van der Waals surface area contributed by atoms with E-state index in [0.29, 0.717) is 23.2 Å². The second-order valence-corrected chi connectivity index (χ2v) is 8.97. The Hall–Kier alpha value is -3.31. The van der Waals surface area contributed by atoms with E-state index in [1.165, 1.54) is 0 Å². The second kappa shape index (κ2) is 12.8. The maximum absolute atomic E-state index is 13.5. The van der Waals surface area contributed by atoms with Gasteiger partial charge >= 0.3 is 0 Å². The fraction of sp³-hybridized carbons (Fsp3) is 0.286. The molecular formula is C28H31ClN2O3. The van der Waals surface area contributed by atoms with Crippen LogP contribution in [0.5, 0.6) is 5.75 Å². The Bertz CT molecular complexity index is 1040. The van der Waals surface area contributed by atoms with Crippen LogP contribution in [0.3, 0.4) is 0 Å². The van der Waals surface area contributed by atoms with Crippen LogP contribution in [0.2, 0.25) is 5.02 Å². The zero-order valence-electron chi connectivity index (χ0n) is 19.6. The Morgan fingerprint density at radius 3 is 2.15 bits per heavy atom. The van der Waals surface area contributed by atoms with Gasteiger partial charge in [0.1, 0.15) is 11.8 Å². The van der Waals surface area contributed by atoms with Crippen molar-refractivity contribution >= 4 is 23.4 Å². The van der Waals surface area contributed by atoms with E-state index in [2.05, 4.69) is 19.2 Å². The summed E-state index contributed by atoms with van der Waals surface area (Å²) < 4.78 is 5.74. The Morgan fingerprint density at radius 1 is 0.912 bits per heavy atom. The average molecular weight is 479 g/mol. The first-order valence-corrected chi connectivity index (χ1v) is 11.9. The van der Waals surface area contributed by atoms with Gasteiger partial charge in [0.05, 0.1) is 0 Å². The van der Waals surface area contributed by atoms with Crippen molar-refractivity contribution in [2.24, 2.45) is 5.92 Å². The Balaban J connectivity index is 1.89. The van der Waals surface area contributed by atoms with Crippen LogP contribution >= 0.6 is 11.6 Å². The van der Waals surface area contributed by atoms with E-state index in [1.807, 2.05) is 60.7 Å². The van der Waals surface area contributed by atoms with Crippen LogP contribution in [0.4, 0.5) is 0 Å². The van der Waals surface area contributed by atoms with Crippen molar-refractivity contribution in [2.45, 2.75) is 32.9 Å². The predicted octanol–water partition coefficient (Wildman–Crippen LogP) is 5.65. The smallest absolute Gasteiger partial charge is 0.261 e. The van der Waals surface area contributed by atoms with E-state index in [9.17, 15) is 9.59 Å². The molecule has 34 heavy (non-hydrogen) atoms. The van der Waals surface area contributed by atoms with Crippen molar-refractivity contribution in [2.75, 3.05) is 13.2 Å². The van der Waals surface area contributed by atoms with Crippen molar-refractivity contribution in [1.29, 1.82) is 0 Å². The lowest BCUT2D eigenvalue weighted by molar-refractivity contribution is -0.143. The zero-order chi connectivity index (χ0) is 24.3. The number of carbonyl (C=O) groups excluding carboxylic acids is 2. The van der Waals surface area contributed by atoms with Crippen molar-refractivity contribution in [3.63, 3.8) is 0 Å². The van der Waals surface area contributed by atoms with Gasteiger partial charge in [-0.1, -0.05) is 86.1 Å². The van der Waals surface area contributed by atoms with Gasteiger partial charge < -0.3 is 15.0 Å². The van der Waals surface area contributed by atoms with Gasteiger partial charge in [-0.3, -0.25) is 9.59 Å². The highest BCUT2D eigenvalue weighted by Crippen LogP contribution is 2.25. The zero-order valence-corrected chi connectivity index (χ0v) is 20.4. The van der Waals surface area contributed by atoms with Gasteiger partial charge in [-0.25, -0.2) is 0 Å². The quantitative estimate of drug-likeness (QED) is 0.387. The van der Waals surface area contributed by atoms with E-state index < -0.39 is 6.04 Å². The number of nitrogens with one attached hydrogen (secondary N) is 1. The van der Waals surface area contributed by atoms with Crippen molar-refractivity contribution in [3.05, 3.63) is 101 Å². The summed E-state index contributed by atoms with van der Waals surface area (Å²) in [4.78, 5) is 28.5. The molecule has 0 aliphatic heterocycles. The predicted molar refractivity (Wildman–Crippen MR) is 136 cm³/mol. The summed E-state index contributed by atoms with van der Waals surface area (Å²) in [6.07, 6.45) is 0.857. The Labute approximate surface area is 206 Å². The summed E-state index contributed by atoms with van der Waals surface area (Å²) in [5, 5.41) is 3.63. The van der Waals surface area contributed by atoms with E-state index in [1.54, 1.807) is 29.2 Å². The third-order valence-electron chi connectivity index (χ3n) is 5.39. The molecule has 0 aliphatic carbocycles. The number of para-hydroxylation sites is 1. The number of rotatable bonds is 11. The molecule has 0 heterocycles. The molecule has 3 aromatic rings. The molecule has 0 spiro atoms. The minimum Gasteiger partial charge on any atom is -0.484 e. The van der Waals surface area contributed by atoms with Gasteiger partial charge in [-0.15, -0.1) is 0 Å². The molecule has 0 bridgehead atoms. The molecule has 1 atom stereocenters. The number of ether oxygens (including phenoxy) is 1. The fourth-order valence-electron chi connectivity index (χ4n) is 3.54. The second-order valence-electron chi connectivity index (χ2n) is 8.54. The van der Waals surface area contributed by atoms with Gasteiger partial charge in [0.2, 0.25) is 5.91 Å². The van der Waals surface area contributed by atoms with Crippen molar-refractivity contribution in [3.8, 4) is 5.75 Å². The van der Waals surface area contributed by atoms with E-state index in [0.717, 1.165) is 17.5 Å².